The lowest BCUT2D eigenvalue weighted by atomic mass is 10.2. The monoisotopic (exact) mass is 250 g/mol. The highest BCUT2D eigenvalue weighted by Crippen LogP contribution is 2.26. The standard InChI is InChI=1S/C10H10N4O2S/c11-4-8-10(9-2-1-3-17-9)14(13-12-8)5-7(16)6-15/h1-3,7,15-16H,5-6H2. The van der Waals surface area contributed by atoms with Gasteiger partial charge in [-0.15, -0.1) is 16.4 Å². The maximum Gasteiger partial charge on any atom is 0.191 e. The summed E-state index contributed by atoms with van der Waals surface area (Å²) in [6, 6.07) is 5.68. The van der Waals surface area contributed by atoms with Crippen LogP contribution in [0.15, 0.2) is 17.5 Å². The largest absolute Gasteiger partial charge is 0.394 e. The summed E-state index contributed by atoms with van der Waals surface area (Å²) in [5, 5.41) is 36.6. The van der Waals surface area contributed by atoms with Crippen molar-refractivity contribution in [3.05, 3.63) is 23.2 Å². The minimum atomic E-state index is -0.915. The third-order valence-electron chi connectivity index (χ3n) is 2.19. The van der Waals surface area contributed by atoms with Crippen molar-refractivity contribution in [2.45, 2.75) is 12.6 Å². The van der Waals surface area contributed by atoms with Crippen molar-refractivity contribution in [2.75, 3.05) is 6.61 Å². The molecule has 0 saturated carbocycles. The molecular weight excluding hydrogens is 240 g/mol. The molecule has 7 heteroatoms. The maximum atomic E-state index is 9.40. The topological polar surface area (TPSA) is 95.0 Å². The highest BCUT2D eigenvalue weighted by Gasteiger charge is 2.17. The fourth-order valence-electron chi connectivity index (χ4n) is 1.43. The van der Waals surface area contributed by atoms with E-state index in [1.165, 1.54) is 16.0 Å². The molecule has 2 heterocycles. The Balaban J connectivity index is 2.41. The van der Waals surface area contributed by atoms with Crippen molar-refractivity contribution in [1.29, 1.82) is 5.26 Å². The molecule has 6 nitrogen and oxygen atoms in total. The molecule has 0 amide bonds. The first kappa shape index (κ1) is 11.7. The number of nitriles is 1. The van der Waals surface area contributed by atoms with E-state index in [0.29, 0.717) is 5.69 Å². The number of nitrogens with zero attached hydrogens (tertiary/aromatic N) is 4. The third-order valence-corrected chi connectivity index (χ3v) is 3.07. The van der Waals surface area contributed by atoms with Crippen molar-refractivity contribution >= 4 is 11.3 Å². The molecule has 2 N–H and O–H groups in total. The summed E-state index contributed by atoms with van der Waals surface area (Å²) in [6.45, 7) is -0.246. The predicted molar refractivity (Wildman–Crippen MR) is 61.1 cm³/mol. The van der Waals surface area contributed by atoms with E-state index in [4.69, 9.17) is 10.4 Å². The van der Waals surface area contributed by atoms with E-state index in [2.05, 4.69) is 10.3 Å². The summed E-state index contributed by atoms with van der Waals surface area (Å²) < 4.78 is 1.44. The van der Waals surface area contributed by atoms with Gasteiger partial charge in [0.15, 0.2) is 5.69 Å². The minimum absolute atomic E-state index is 0.110. The zero-order chi connectivity index (χ0) is 12.3. The van der Waals surface area contributed by atoms with Crippen LogP contribution in [0.4, 0.5) is 0 Å². The Hall–Kier alpha value is -1.75. The number of aromatic nitrogens is 3. The lowest BCUT2D eigenvalue weighted by molar-refractivity contribution is 0.0782. The Labute approximate surface area is 101 Å². The molecule has 0 bridgehead atoms. The van der Waals surface area contributed by atoms with Gasteiger partial charge >= 0.3 is 0 Å². The van der Waals surface area contributed by atoms with Crippen molar-refractivity contribution < 1.29 is 10.2 Å². The zero-order valence-corrected chi connectivity index (χ0v) is 9.63. The molecule has 0 aliphatic carbocycles. The van der Waals surface area contributed by atoms with Gasteiger partial charge in [0.05, 0.1) is 24.1 Å². The number of hydrogen-bond donors (Lipinski definition) is 2. The van der Waals surface area contributed by atoms with Crippen LogP contribution >= 0.6 is 11.3 Å². The fraction of sp³-hybridized carbons (Fsp3) is 0.300. The van der Waals surface area contributed by atoms with Gasteiger partial charge in [0.2, 0.25) is 0 Å². The Morgan fingerprint density at radius 1 is 1.59 bits per heavy atom. The molecule has 0 fully saturated rings. The molecule has 0 aliphatic heterocycles. The van der Waals surface area contributed by atoms with Crippen LogP contribution in [0.3, 0.4) is 0 Å². The fourth-order valence-corrected chi connectivity index (χ4v) is 2.21. The highest BCUT2D eigenvalue weighted by molar-refractivity contribution is 7.13. The summed E-state index contributed by atoms with van der Waals surface area (Å²) in [7, 11) is 0. The van der Waals surface area contributed by atoms with Gasteiger partial charge in [0.1, 0.15) is 11.8 Å². The average Bonchev–Trinajstić information content (AvgIpc) is 2.96. The predicted octanol–water partition coefficient (Wildman–Crippen LogP) is 0.231. The third kappa shape index (κ3) is 2.34. The molecule has 0 aliphatic rings. The normalized spacial score (nSPS) is 12.3. The van der Waals surface area contributed by atoms with E-state index in [1.54, 1.807) is 0 Å². The second-order valence-electron chi connectivity index (χ2n) is 3.39. The van der Waals surface area contributed by atoms with Gasteiger partial charge in [-0.3, -0.25) is 0 Å². The van der Waals surface area contributed by atoms with Crippen molar-refractivity contribution in [3.63, 3.8) is 0 Å². The van der Waals surface area contributed by atoms with E-state index in [-0.39, 0.29) is 18.8 Å². The molecular formula is C10H10N4O2S. The van der Waals surface area contributed by atoms with E-state index in [1.807, 2.05) is 23.6 Å². The van der Waals surface area contributed by atoms with E-state index in [0.717, 1.165) is 4.88 Å². The summed E-state index contributed by atoms with van der Waals surface area (Å²) in [4.78, 5) is 0.858. The van der Waals surface area contributed by atoms with Crippen LogP contribution in [0.1, 0.15) is 5.69 Å². The van der Waals surface area contributed by atoms with E-state index in [9.17, 15) is 5.11 Å². The Morgan fingerprint density at radius 2 is 2.41 bits per heavy atom. The molecule has 2 aromatic heterocycles. The van der Waals surface area contributed by atoms with Gasteiger partial charge in [0, 0.05) is 0 Å². The molecule has 0 spiro atoms. The molecule has 2 rings (SSSR count). The lowest BCUT2D eigenvalue weighted by Crippen LogP contribution is -2.21. The highest BCUT2D eigenvalue weighted by atomic mass is 32.1. The Kier molecular flexibility index (Phi) is 3.49. The van der Waals surface area contributed by atoms with Crippen LogP contribution in [-0.4, -0.2) is 37.9 Å². The van der Waals surface area contributed by atoms with Crippen LogP contribution in [0.25, 0.3) is 10.6 Å². The van der Waals surface area contributed by atoms with Crippen LogP contribution < -0.4 is 0 Å². The van der Waals surface area contributed by atoms with Gasteiger partial charge < -0.3 is 10.2 Å². The number of hydrogen-bond acceptors (Lipinski definition) is 6. The summed E-state index contributed by atoms with van der Waals surface area (Å²) in [5.41, 5.74) is 0.799. The Morgan fingerprint density at radius 3 is 3.00 bits per heavy atom. The van der Waals surface area contributed by atoms with Crippen molar-refractivity contribution in [3.8, 4) is 16.6 Å². The van der Waals surface area contributed by atoms with E-state index >= 15 is 0 Å². The average molecular weight is 250 g/mol. The molecule has 2 aromatic rings. The molecule has 1 unspecified atom stereocenters. The van der Waals surface area contributed by atoms with Crippen LogP contribution in [-0.2, 0) is 6.54 Å². The molecule has 0 aromatic carbocycles. The lowest BCUT2D eigenvalue weighted by Gasteiger charge is -2.08. The van der Waals surface area contributed by atoms with E-state index < -0.39 is 6.10 Å². The maximum absolute atomic E-state index is 9.40. The van der Waals surface area contributed by atoms with Crippen molar-refractivity contribution in [2.24, 2.45) is 0 Å². The van der Waals surface area contributed by atoms with Gasteiger partial charge in [0.25, 0.3) is 0 Å². The summed E-state index contributed by atoms with van der Waals surface area (Å²) >= 11 is 1.46. The number of thiophene rings is 1. The first-order valence-electron chi connectivity index (χ1n) is 4.92. The summed E-state index contributed by atoms with van der Waals surface area (Å²) in [5.74, 6) is 0. The molecule has 88 valence electrons. The molecule has 0 radical (unpaired) electrons. The number of aliphatic hydroxyl groups excluding tert-OH is 2. The van der Waals surface area contributed by atoms with Crippen LogP contribution in [0, 0.1) is 11.3 Å². The quantitative estimate of drug-likeness (QED) is 0.810. The van der Waals surface area contributed by atoms with Crippen LogP contribution in [0.5, 0.6) is 0 Å². The Bertz CT molecular complexity index is 529. The smallest absolute Gasteiger partial charge is 0.191 e. The number of aliphatic hydroxyl groups is 2. The van der Waals surface area contributed by atoms with Crippen molar-refractivity contribution in [1.82, 2.24) is 15.0 Å². The SMILES string of the molecule is N#Cc1nnn(CC(O)CO)c1-c1cccs1. The zero-order valence-electron chi connectivity index (χ0n) is 8.82. The first-order valence-corrected chi connectivity index (χ1v) is 5.80. The second kappa shape index (κ2) is 5.05. The minimum Gasteiger partial charge on any atom is -0.394 e. The molecule has 17 heavy (non-hydrogen) atoms. The van der Waals surface area contributed by atoms with Crippen LogP contribution in [0.2, 0.25) is 0 Å². The molecule has 1 atom stereocenters. The van der Waals surface area contributed by atoms with Gasteiger partial charge in [-0.2, -0.15) is 5.26 Å². The number of rotatable bonds is 4. The molecule has 0 saturated heterocycles. The van der Waals surface area contributed by atoms with Gasteiger partial charge in [-0.1, -0.05) is 11.3 Å². The van der Waals surface area contributed by atoms with Gasteiger partial charge in [-0.25, -0.2) is 4.68 Å². The second-order valence-corrected chi connectivity index (χ2v) is 4.34. The first-order chi connectivity index (χ1) is 8.26. The van der Waals surface area contributed by atoms with Gasteiger partial charge in [-0.05, 0) is 11.4 Å². The summed E-state index contributed by atoms with van der Waals surface area (Å²) in [6.07, 6.45) is -0.915.